The highest BCUT2D eigenvalue weighted by atomic mass is 32.2. The van der Waals surface area contributed by atoms with Gasteiger partial charge in [-0.3, -0.25) is 0 Å². The van der Waals surface area contributed by atoms with Crippen molar-refractivity contribution in [2.75, 3.05) is 0 Å². The van der Waals surface area contributed by atoms with E-state index in [-0.39, 0.29) is 0 Å². The van der Waals surface area contributed by atoms with E-state index in [9.17, 15) is 26.2 Å². The van der Waals surface area contributed by atoms with Crippen LogP contribution in [0.25, 0.3) is 11.1 Å². The quantitative estimate of drug-likeness (QED) is 0.287. The summed E-state index contributed by atoms with van der Waals surface area (Å²) in [6.07, 6.45) is 0. The summed E-state index contributed by atoms with van der Waals surface area (Å²) < 4.78 is 78.8. The molecule has 0 aromatic heterocycles. The van der Waals surface area contributed by atoms with Crippen LogP contribution in [-0.2, 0) is 14.7 Å². The second-order valence-corrected chi connectivity index (χ2v) is 10.4. The zero-order valence-corrected chi connectivity index (χ0v) is 15.8. The van der Waals surface area contributed by atoms with Gasteiger partial charge in [-0.25, -0.2) is 0 Å². The van der Waals surface area contributed by atoms with Crippen molar-refractivity contribution >= 4 is 33.2 Å². The molecule has 1 aliphatic heterocycles. The van der Waals surface area contributed by atoms with Gasteiger partial charge in [0.05, 0.1) is 0 Å². The van der Waals surface area contributed by atoms with Crippen LogP contribution in [0.4, 0.5) is 13.2 Å². The van der Waals surface area contributed by atoms with Crippen LogP contribution in [0.1, 0.15) is 0 Å². The van der Waals surface area contributed by atoms with Gasteiger partial charge in [0.15, 0.2) is 7.14 Å². The summed E-state index contributed by atoms with van der Waals surface area (Å²) in [5, 5.41) is 1.56. The van der Waals surface area contributed by atoms with E-state index in [1.165, 1.54) is 12.1 Å². The summed E-state index contributed by atoms with van der Waals surface area (Å²) in [5.74, 6) is -0.493. The molecule has 4 rings (SSSR count). The Bertz CT molecular complexity index is 1220. The van der Waals surface area contributed by atoms with Crippen molar-refractivity contribution in [3.63, 3.8) is 0 Å². The fourth-order valence-electron chi connectivity index (χ4n) is 3.25. The molecule has 0 aliphatic carbocycles. The first-order valence-electron chi connectivity index (χ1n) is 8.05. The van der Waals surface area contributed by atoms with Gasteiger partial charge in [0.1, 0.15) is 5.75 Å². The summed E-state index contributed by atoms with van der Waals surface area (Å²) in [5.41, 5.74) is -4.58. The van der Waals surface area contributed by atoms with Crippen LogP contribution in [0.3, 0.4) is 0 Å². The van der Waals surface area contributed by atoms with Gasteiger partial charge >= 0.3 is 15.6 Å². The summed E-state index contributed by atoms with van der Waals surface area (Å²) in [4.78, 5) is 0. The van der Waals surface area contributed by atoms with Crippen LogP contribution < -0.4 is 20.1 Å². The molecule has 1 atom stereocenters. The van der Waals surface area contributed by atoms with E-state index in [4.69, 9.17) is 0 Å². The molecule has 144 valence electrons. The number of hydrogen-bond donors (Lipinski definition) is 0. The molecule has 0 amide bonds. The summed E-state index contributed by atoms with van der Waals surface area (Å²) in [6.45, 7) is 0. The first-order chi connectivity index (χ1) is 13.1. The van der Waals surface area contributed by atoms with Crippen molar-refractivity contribution in [2.24, 2.45) is 0 Å². The van der Waals surface area contributed by atoms with E-state index in [0.717, 1.165) is 6.07 Å². The zero-order chi connectivity index (χ0) is 20.2. The molecule has 1 heterocycles. The molecule has 9 heteroatoms. The number of fused-ring (bicyclic) bond motifs is 3. The van der Waals surface area contributed by atoms with Crippen molar-refractivity contribution in [2.45, 2.75) is 5.51 Å². The average Bonchev–Trinajstić information content (AvgIpc) is 2.91. The van der Waals surface area contributed by atoms with Crippen molar-refractivity contribution in [1.29, 1.82) is 0 Å². The third-order valence-corrected chi connectivity index (χ3v) is 8.59. The Morgan fingerprint density at radius 3 is 2.07 bits per heavy atom. The highest BCUT2D eigenvalue weighted by Crippen LogP contribution is 2.52. The summed E-state index contributed by atoms with van der Waals surface area (Å²) >= 11 is 0. The minimum Gasteiger partial charge on any atom is -0.376 e. The predicted octanol–water partition coefficient (Wildman–Crippen LogP) is 3.53. The summed E-state index contributed by atoms with van der Waals surface area (Å²) in [6, 6.07) is 19.2. The van der Waals surface area contributed by atoms with Crippen LogP contribution in [-0.4, -0.2) is 13.9 Å². The molecule has 3 aromatic rings. The minimum atomic E-state index is -5.80. The van der Waals surface area contributed by atoms with Gasteiger partial charge < -0.3 is 8.75 Å². The van der Waals surface area contributed by atoms with Gasteiger partial charge in [-0.15, -0.1) is 0 Å². The van der Waals surface area contributed by atoms with Crippen LogP contribution in [0.15, 0.2) is 72.8 Å². The first kappa shape index (κ1) is 18.8. The van der Waals surface area contributed by atoms with E-state index < -0.39 is 28.5 Å². The summed E-state index contributed by atoms with van der Waals surface area (Å²) in [7, 11) is -9.03. The first-order valence-corrected chi connectivity index (χ1v) is 11.2. The van der Waals surface area contributed by atoms with Crippen molar-refractivity contribution in [1.82, 2.24) is 0 Å². The van der Waals surface area contributed by atoms with Gasteiger partial charge in [0.2, 0.25) is 0 Å². The van der Waals surface area contributed by atoms with E-state index in [1.54, 1.807) is 54.6 Å². The van der Waals surface area contributed by atoms with Gasteiger partial charge in [0, 0.05) is 15.9 Å². The Balaban J connectivity index is 1.90. The molecule has 1 aliphatic rings. The number of rotatable bonds is 3. The molecule has 3 aromatic carbocycles. The smallest absolute Gasteiger partial charge is 0.376 e. The third kappa shape index (κ3) is 2.75. The van der Waals surface area contributed by atoms with Gasteiger partial charge in [-0.05, 0) is 29.3 Å². The molecule has 0 radical (unpaired) electrons. The van der Waals surface area contributed by atoms with Gasteiger partial charge in [0.25, 0.3) is 0 Å². The molecule has 4 nitrogen and oxygen atoms in total. The lowest BCUT2D eigenvalue weighted by Crippen LogP contribution is -2.28. The standard InChI is InChI=1S/C19H12F3O4PS/c20-19(21,22)28(24,25)26-13-10-11-18-16(12-13)15-8-4-5-9-17(15)27(18,23)14-6-2-1-3-7-14/h1-12H. The maximum absolute atomic E-state index is 14.1. The Morgan fingerprint density at radius 1 is 0.786 bits per heavy atom. The number of benzene rings is 3. The topological polar surface area (TPSA) is 60.4 Å². The van der Waals surface area contributed by atoms with Gasteiger partial charge in [-0.2, -0.15) is 21.6 Å². The molecule has 1 unspecified atom stereocenters. The van der Waals surface area contributed by atoms with Crippen molar-refractivity contribution in [3.05, 3.63) is 72.8 Å². The lowest BCUT2D eigenvalue weighted by molar-refractivity contribution is -0.0500. The molecular formula is C19H12F3O4PS. The second-order valence-electron chi connectivity index (χ2n) is 6.12. The van der Waals surface area contributed by atoms with Crippen LogP contribution in [0.5, 0.6) is 5.75 Å². The van der Waals surface area contributed by atoms with Gasteiger partial charge in [-0.1, -0.05) is 54.6 Å². The Hall–Kier alpha value is -2.57. The lowest BCUT2D eigenvalue weighted by Gasteiger charge is -2.16. The molecule has 0 bridgehead atoms. The normalized spacial score (nSPS) is 18.4. The van der Waals surface area contributed by atoms with Crippen molar-refractivity contribution in [3.8, 4) is 16.9 Å². The molecule has 0 saturated carbocycles. The predicted molar refractivity (Wildman–Crippen MR) is 100 cm³/mol. The van der Waals surface area contributed by atoms with E-state index >= 15 is 0 Å². The fourth-order valence-corrected chi connectivity index (χ4v) is 6.75. The Morgan fingerprint density at radius 2 is 1.39 bits per heavy atom. The SMILES string of the molecule is O=P1(c2ccccc2)c2ccccc2-c2cc(OS(=O)(=O)C(F)(F)F)ccc21. The maximum Gasteiger partial charge on any atom is 0.534 e. The molecule has 0 N–H and O–H groups in total. The molecule has 0 fully saturated rings. The zero-order valence-electron chi connectivity index (χ0n) is 14.1. The van der Waals surface area contributed by atoms with E-state index in [0.29, 0.717) is 27.0 Å². The van der Waals surface area contributed by atoms with Crippen LogP contribution >= 0.6 is 7.14 Å². The molecular weight excluding hydrogens is 412 g/mol. The highest BCUT2D eigenvalue weighted by molar-refractivity contribution is 7.88. The Labute approximate surface area is 159 Å². The van der Waals surface area contributed by atoms with E-state index in [2.05, 4.69) is 4.18 Å². The fraction of sp³-hybridized carbons (Fsp3) is 0.0526. The maximum atomic E-state index is 14.1. The second kappa shape index (κ2) is 6.22. The molecule has 0 saturated heterocycles. The number of alkyl halides is 3. The van der Waals surface area contributed by atoms with Crippen LogP contribution in [0, 0.1) is 0 Å². The number of hydrogen-bond acceptors (Lipinski definition) is 4. The van der Waals surface area contributed by atoms with Crippen LogP contribution in [0.2, 0.25) is 0 Å². The minimum absolute atomic E-state index is 0.387. The molecule has 0 spiro atoms. The number of halogens is 3. The highest BCUT2D eigenvalue weighted by Gasteiger charge is 2.49. The lowest BCUT2D eigenvalue weighted by atomic mass is 10.1. The monoisotopic (exact) mass is 424 g/mol. The largest absolute Gasteiger partial charge is 0.534 e. The average molecular weight is 424 g/mol. The molecule has 28 heavy (non-hydrogen) atoms. The van der Waals surface area contributed by atoms with E-state index in [1.807, 2.05) is 0 Å². The Kier molecular flexibility index (Phi) is 4.17. The van der Waals surface area contributed by atoms with Crippen molar-refractivity contribution < 1.29 is 30.3 Å². The third-order valence-electron chi connectivity index (χ3n) is 4.45.